The number of aromatic amines is 1. The molecule has 1 amide bonds. The van der Waals surface area contributed by atoms with Crippen molar-refractivity contribution in [1.29, 1.82) is 0 Å². The molecule has 184 valence electrons. The van der Waals surface area contributed by atoms with Gasteiger partial charge in [-0.1, -0.05) is 0 Å². The average molecular weight is 489 g/mol. The molecule has 11 nitrogen and oxygen atoms in total. The number of rotatable bonds is 8. The Hall–Kier alpha value is -4.93. The monoisotopic (exact) mass is 489 g/mol. The van der Waals surface area contributed by atoms with Crippen molar-refractivity contribution in [3.05, 3.63) is 104 Å². The molecule has 0 aliphatic heterocycles. The lowest BCUT2D eigenvalue weighted by Gasteiger charge is -2.10. The van der Waals surface area contributed by atoms with E-state index >= 15 is 0 Å². The molecular weight excluding hydrogens is 466 g/mol. The topological polar surface area (TPSA) is 137 Å². The maximum Gasteiger partial charge on any atom is 0.333 e. The van der Waals surface area contributed by atoms with Crippen LogP contribution >= 0.6 is 0 Å². The van der Waals surface area contributed by atoms with Crippen molar-refractivity contribution < 1.29 is 14.3 Å². The van der Waals surface area contributed by atoms with Crippen LogP contribution in [-0.4, -0.2) is 45.8 Å². The molecule has 2 aromatic carbocycles. The second kappa shape index (κ2) is 10.6. The number of hydrogen-bond donors (Lipinski definition) is 2. The zero-order chi connectivity index (χ0) is 25.7. The Morgan fingerprint density at radius 3 is 2.22 bits per heavy atom. The Labute approximate surface area is 204 Å². The van der Waals surface area contributed by atoms with E-state index in [-0.39, 0.29) is 29.9 Å². The minimum atomic E-state index is -0.774. The molecule has 2 N–H and O–H groups in total. The highest BCUT2D eigenvalue weighted by molar-refractivity contribution is 5.93. The van der Waals surface area contributed by atoms with Gasteiger partial charge in [-0.3, -0.25) is 19.0 Å². The lowest BCUT2D eigenvalue weighted by Crippen LogP contribution is -2.40. The van der Waals surface area contributed by atoms with Gasteiger partial charge in [0, 0.05) is 30.9 Å². The van der Waals surface area contributed by atoms with Crippen LogP contribution in [0.5, 0.6) is 11.5 Å². The van der Waals surface area contributed by atoms with Crippen LogP contribution in [0.15, 0.2) is 81.5 Å². The summed E-state index contributed by atoms with van der Waals surface area (Å²) < 4.78 is 12.4. The highest BCUT2D eigenvalue weighted by Crippen LogP contribution is 2.19. The molecule has 4 aromatic rings. The summed E-state index contributed by atoms with van der Waals surface area (Å²) in [6.07, 6.45) is 2.46. The molecule has 0 spiro atoms. The van der Waals surface area contributed by atoms with Crippen LogP contribution in [0.25, 0.3) is 16.9 Å². The number of aromatic nitrogens is 4. The molecule has 0 aliphatic rings. The number of amides is 1. The SMILES string of the molecule is COc1ccc(-c2cc(=O)n(CCNC(=O)c3c[nH]c(=O)n(-c4ccc(OC)cc4)c3=O)cn2)cc1. The van der Waals surface area contributed by atoms with Crippen LogP contribution < -0.4 is 31.6 Å². The summed E-state index contributed by atoms with van der Waals surface area (Å²) in [5, 5.41) is 2.60. The fraction of sp³-hybridized carbons (Fsp3) is 0.160. The maximum atomic E-state index is 12.9. The average Bonchev–Trinajstić information content (AvgIpc) is 2.90. The smallest absolute Gasteiger partial charge is 0.333 e. The maximum absolute atomic E-state index is 12.9. The molecular formula is C25H23N5O6. The van der Waals surface area contributed by atoms with E-state index in [0.717, 1.165) is 16.3 Å². The van der Waals surface area contributed by atoms with Gasteiger partial charge in [0.2, 0.25) is 0 Å². The van der Waals surface area contributed by atoms with Gasteiger partial charge in [0.25, 0.3) is 17.0 Å². The van der Waals surface area contributed by atoms with Crippen LogP contribution in [-0.2, 0) is 6.54 Å². The van der Waals surface area contributed by atoms with Crippen molar-refractivity contribution in [2.24, 2.45) is 0 Å². The predicted octanol–water partition coefficient (Wildman–Crippen LogP) is 1.20. The van der Waals surface area contributed by atoms with E-state index in [1.54, 1.807) is 43.5 Å². The van der Waals surface area contributed by atoms with Gasteiger partial charge in [-0.2, -0.15) is 0 Å². The normalized spacial score (nSPS) is 10.6. The molecule has 36 heavy (non-hydrogen) atoms. The van der Waals surface area contributed by atoms with Crippen molar-refractivity contribution in [2.75, 3.05) is 20.8 Å². The largest absolute Gasteiger partial charge is 0.497 e. The van der Waals surface area contributed by atoms with Crippen molar-refractivity contribution in [1.82, 2.24) is 24.4 Å². The second-order valence-electron chi connectivity index (χ2n) is 7.64. The standard InChI is InChI=1S/C25H23N5O6/c1-35-18-7-3-16(4-8-18)21-13-22(31)29(15-28-21)12-11-26-23(32)20-14-27-25(34)30(24(20)33)17-5-9-19(36-2)10-6-17/h3-10,13-15H,11-12H2,1-2H3,(H,26,32)(H,27,34). The Balaban J connectivity index is 1.45. The van der Waals surface area contributed by atoms with Crippen LogP contribution in [0.3, 0.4) is 0 Å². The first-order valence-corrected chi connectivity index (χ1v) is 10.9. The van der Waals surface area contributed by atoms with Gasteiger partial charge in [-0.15, -0.1) is 0 Å². The molecule has 2 aromatic heterocycles. The van der Waals surface area contributed by atoms with Crippen molar-refractivity contribution in [3.8, 4) is 28.4 Å². The Kier molecular flexibility index (Phi) is 7.10. The number of nitrogens with one attached hydrogen (secondary N) is 2. The van der Waals surface area contributed by atoms with Gasteiger partial charge in [0.15, 0.2) is 0 Å². The minimum Gasteiger partial charge on any atom is -0.497 e. The summed E-state index contributed by atoms with van der Waals surface area (Å²) >= 11 is 0. The highest BCUT2D eigenvalue weighted by atomic mass is 16.5. The highest BCUT2D eigenvalue weighted by Gasteiger charge is 2.16. The number of carbonyl (C=O) groups is 1. The number of carbonyl (C=O) groups excluding carboxylic acids is 1. The number of hydrogen-bond acceptors (Lipinski definition) is 7. The van der Waals surface area contributed by atoms with Gasteiger partial charge < -0.3 is 19.8 Å². The Morgan fingerprint density at radius 2 is 1.61 bits per heavy atom. The van der Waals surface area contributed by atoms with Gasteiger partial charge in [-0.25, -0.2) is 14.3 Å². The molecule has 0 aliphatic carbocycles. The summed E-state index contributed by atoms with van der Waals surface area (Å²) in [4.78, 5) is 57.0. The van der Waals surface area contributed by atoms with Gasteiger partial charge in [-0.05, 0) is 48.5 Å². The van der Waals surface area contributed by atoms with Crippen molar-refractivity contribution in [3.63, 3.8) is 0 Å². The van der Waals surface area contributed by atoms with E-state index < -0.39 is 17.2 Å². The van der Waals surface area contributed by atoms with Crippen LogP contribution in [0.1, 0.15) is 10.4 Å². The lowest BCUT2D eigenvalue weighted by molar-refractivity contribution is 0.0949. The van der Waals surface area contributed by atoms with E-state index in [4.69, 9.17) is 9.47 Å². The molecule has 0 bridgehead atoms. The minimum absolute atomic E-state index is 0.0589. The van der Waals surface area contributed by atoms with E-state index in [1.165, 1.54) is 36.2 Å². The molecule has 0 radical (unpaired) electrons. The zero-order valence-electron chi connectivity index (χ0n) is 19.6. The lowest BCUT2D eigenvalue weighted by atomic mass is 10.1. The molecule has 0 saturated carbocycles. The fourth-order valence-electron chi connectivity index (χ4n) is 3.50. The Morgan fingerprint density at radius 1 is 0.972 bits per heavy atom. The number of nitrogens with zero attached hydrogens (tertiary/aromatic N) is 3. The number of ether oxygens (including phenoxy) is 2. The number of H-pyrrole nitrogens is 1. The van der Waals surface area contributed by atoms with Crippen LogP contribution in [0, 0.1) is 0 Å². The van der Waals surface area contributed by atoms with Gasteiger partial charge >= 0.3 is 5.69 Å². The summed E-state index contributed by atoms with van der Waals surface area (Å²) in [5.41, 5.74) is -0.441. The Bertz CT molecular complexity index is 1550. The third-order valence-corrected chi connectivity index (χ3v) is 5.46. The number of methoxy groups -OCH3 is 2. The molecule has 0 unspecified atom stereocenters. The van der Waals surface area contributed by atoms with Crippen LogP contribution in [0.4, 0.5) is 0 Å². The summed E-state index contributed by atoms with van der Waals surface area (Å²) in [6.45, 7) is 0.194. The van der Waals surface area contributed by atoms with Crippen molar-refractivity contribution >= 4 is 5.91 Å². The third kappa shape index (κ3) is 5.09. The van der Waals surface area contributed by atoms with E-state index in [9.17, 15) is 19.2 Å². The summed E-state index contributed by atoms with van der Waals surface area (Å²) in [7, 11) is 3.07. The second-order valence-corrected chi connectivity index (χ2v) is 7.64. The quantitative estimate of drug-likeness (QED) is 0.379. The van der Waals surface area contributed by atoms with Gasteiger partial charge in [0.05, 0.1) is 31.9 Å². The first-order valence-electron chi connectivity index (χ1n) is 10.9. The molecule has 0 saturated heterocycles. The van der Waals surface area contributed by atoms with Crippen LogP contribution in [0.2, 0.25) is 0 Å². The predicted molar refractivity (Wildman–Crippen MR) is 132 cm³/mol. The first kappa shape index (κ1) is 24.2. The molecule has 2 heterocycles. The third-order valence-electron chi connectivity index (χ3n) is 5.46. The zero-order valence-corrected chi connectivity index (χ0v) is 19.6. The number of benzene rings is 2. The first-order chi connectivity index (χ1) is 17.4. The molecule has 0 atom stereocenters. The summed E-state index contributed by atoms with van der Waals surface area (Å²) in [5.74, 6) is 0.564. The molecule has 0 fully saturated rings. The molecule has 4 rings (SSSR count). The fourth-order valence-corrected chi connectivity index (χ4v) is 3.50. The molecule has 11 heteroatoms. The van der Waals surface area contributed by atoms with Crippen molar-refractivity contribution in [2.45, 2.75) is 6.54 Å². The van der Waals surface area contributed by atoms with Gasteiger partial charge in [0.1, 0.15) is 17.1 Å². The van der Waals surface area contributed by atoms with E-state index in [2.05, 4.69) is 15.3 Å². The van der Waals surface area contributed by atoms with E-state index in [0.29, 0.717) is 17.2 Å². The summed E-state index contributed by atoms with van der Waals surface area (Å²) in [6, 6.07) is 14.8. The van der Waals surface area contributed by atoms with E-state index in [1.807, 2.05) is 0 Å².